The summed E-state index contributed by atoms with van der Waals surface area (Å²) < 4.78 is 26.8. The van der Waals surface area contributed by atoms with Crippen LogP contribution in [0.25, 0.3) is 0 Å². The van der Waals surface area contributed by atoms with Crippen molar-refractivity contribution in [1.29, 1.82) is 0 Å². The predicted molar refractivity (Wildman–Crippen MR) is 87.8 cm³/mol. The molecule has 3 nitrogen and oxygen atoms in total. The Balaban J connectivity index is 2.06. The van der Waals surface area contributed by atoms with Crippen LogP contribution in [0.2, 0.25) is 0 Å². The summed E-state index contributed by atoms with van der Waals surface area (Å²) in [6.07, 6.45) is 2.96. The van der Waals surface area contributed by atoms with Gasteiger partial charge in [-0.05, 0) is 35.8 Å². The Morgan fingerprint density at radius 1 is 1.10 bits per heavy atom. The molecule has 1 aliphatic heterocycles. The zero-order valence-electron chi connectivity index (χ0n) is 12.8. The Morgan fingerprint density at radius 2 is 1.71 bits per heavy atom. The maximum absolute atomic E-state index is 12.6. The van der Waals surface area contributed by atoms with Gasteiger partial charge in [0.1, 0.15) is 0 Å². The van der Waals surface area contributed by atoms with E-state index in [1.165, 1.54) is 0 Å². The fourth-order valence-corrected chi connectivity index (χ4v) is 4.45. The van der Waals surface area contributed by atoms with Crippen molar-refractivity contribution in [2.45, 2.75) is 44.7 Å². The monoisotopic (exact) mass is 329 g/mol. The third-order valence-electron chi connectivity index (χ3n) is 4.22. The van der Waals surface area contributed by atoms with E-state index in [4.69, 9.17) is 11.6 Å². The highest BCUT2D eigenvalue weighted by molar-refractivity contribution is 7.88. The standard InChI is InChI=1S/C16H24ClNO2S/c1-16(2)8-3-10-18(11-9-16)21(19,20)13-15-6-4-14(12-17)5-7-15/h4-7H,3,8-13H2,1-2H3. The number of sulfonamides is 1. The minimum absolute atomic E-state index is 0.0794. The molecule has 1 aromatic carbocycles. The van der Waals surface area contributed by atoms with Crippen molar-refractivity contribution in [1.82, 2.24) is 4.31 Å². The van der Waals surface area contributed by atoms with Crippen LogP contribution >= 0.6 is 11.6 Å². The van der Waals surface area contributed by atoms with Crippen LogP contribution in [-0.4, -0.2) is 25.8 Å². The van der Waals surface area contributed by atoms with Gasteiger partial charge in [0.15, 0.2) is 0 Å². The Morgan fingerprint density at radius 3 is 2.33 bits per heavy atom. The summed E-state index contributed by atoms with van der Waals surface area (Å²) in [6, 6.07) is 7.50. The minimum Gasteiger partial charge on any atom is -0.212 e. The lowest BCUT2D eigenvalue weighted by Gasteiger charge is -2.23. The van der Waals surface area contributed by atoms with Crippen molar-refractivity contribution in [2.75, 3.05) is 13.1 Å². The number of nitrogens with zero attached hydrogens (tertiary/aromatic N) is 1. The summed E-state index contributed by atoms with van der Waals surface area (Å²) in [6.45, 7) is 5.71. The molecule has 1 saturated heterocycles. The van der Waals surface area contributed by atoms with Crippen molar-refractivity contribution in [3.05, 3.63) is 35.4 Å². The molecule has 0 unspecified atom stereocenters. The van der Waals surface area contributed by atoms with Gasteiger partial charge in [-0.15, -0.1) is 11.6 Å². The molecule has 5 heteroatoms. The first-order valence-electron chi connectivity index (χ1n) is 7.44. The molecule has 0 aromatic heterocycles. The molecular weight excluding hydrogens is 306 g/mol. The number of alkyl halides is 1. The molecule has 0 N–H and O–H groups in total. The summed E-state index contributed by atoms with van der Waals surface area (Å²) >= 11 is 5.75. The lowest BCUT2D eigenvalue weighted by Crippen LogP contribution is -2.33. The Kier molecular flexibility index (Phi) is 5.33. The Hall–Kier alpha value is -0.580. The van der Waals surface area contributed by atoms with Crippen LogP contribution < -0.4 is 0 Å². The number of halogens is 1. The second-order valence-corrected chi connectivity index (χ2v) is 8.86. The maximum atomic E-state index is 12.6. The van der Waals surface area contributed by atoms with Gasteiger partial charge in [0.25, 0.3) is 0 Å². The number of hydrogen-bond acceptors (Lipinski definition) is 2. The number of rotatable bonds is 4. The van der Waals surface area contributed by atoms with Gasteiger partial charge in [0.05, 0.1) is 5.75 Å². The van der Waals surface area contributed by atoms with Crippen molar-refractivity contribution in [3.8, 4) is 0 Å². The summed E-state index contributed by atoms with van der Waals surface area (Å²) in [7, 11) is -3.23. The first-order valence-corrected chi connectivity index (χ1v) is 9.58. The van der Waals surface area contributed by atoms with Gasteiger partial charge < -0.3 is 0 Å². The maximum Gasteiger partial charge on any atom is 0.218 e. The van der Waals surface area contributed by atoms with Crippen LogP contribution in [-0.2, 0) is 21.7 Å². The highest BCUT2D eigenvalue weighted by Crippen LogP contribution is 2.31. The van der Waals surface area contributed by atoms with E-state index < -0.39 is 10.0 Å². The molecule has 1 aromatic rings. The third kappa shape index (κ3) is 4.70. The van der Waals surface area contributed by atoms with E-state index in [0.29, 0.717) is 19.0 Å². The van der Waals surface area contributed by atoms with Gasteiger partial charge in [0.2, 0.25) is 10.0 Å². The second-order valence-electron chi connectivity index (χ2n) is 6.62. The average Bonchev–Trinajstić information content (AvgIpc) is 2.60. The molecule has 0 amide bonds. The summed E-state index contributed by atoms with van der Waals surface area (Å²) in [4.78, 5) is 0. The van der Waals surface area contributed by atoms with E-state index >= 15 is 0 Å². The lowest BCUT2D eigenvalue weighted by molar-refractivity contribution is 0.314. The highest BCUT2D eigenvalue weighted by atomic mass is 35.5. The van der Waals surface area contributed by atoms with E-state index in [2.05, 4.69) is 13.8 Å². The smallest absolute Gasteiger partial charge is 0.212 e. The van der Waals surface area contributed by atoms with E-state index in [0.717, 1.165) is 30.4 Å². The molecule has 2 rings (SSSR count). The zero-order chi connectivity index (χ0) is 15.5. The van der Waals surface area contributed by atoms with E-state index in [-0.39, 0.29) is 11.2 Å². The van der Waals surface area contributed by atoms with Crippen molar-refractivity contribution >= 4 is 21.6 Å². The fraction of sp³-hybridized carbons (Fsp3) is 0.625. The first kappa shape index (κ1) is 16.8. The normalized spacial score (nSPS) is 20.1. The SMILES string of the molecule is CC1(C)CCCN(S(=O)(=O)Cc2ccc(CCl)cc2)CC1. The predicted octanol–water partition coefficient (Wildman–Crippen LogP) is 3.77. The minimum atomic E-state index is -3.23. The summed E-state index contributed by atoms with van der Waals surface area (Å²) in [5, 5.41) is 0. The molecule has 0 radical (unpaired) electrons. The molecule has 0 aliphatic carbocycles. The second kappa shape index (κ2) is 6.67. The van der Waals surface area contributed by atoms with Gasteiger partial charge in [-0.25, -0.2) is 12.7 Å². The van der Waals surface area contributed by atoms with E-state index in [1.54, 1.807) is 4.31 Å². The Labute approximate surface area is 133 Å². The van der Waals surface area contributed by atoms with Gasteiger partial charge >= 0.3 is 0 Å². The van der Waals surface area contributed by atoms with E-state index in [1.807, 2.05) is 24.3 Å². The quantitative estimate of drug-likeness (QED) is 0.788. The molecule has 1 aliphatic rings. The van der Waals surface area contributed by atoms with Gasteiger partial charge in [0, 0.05) is 19.0 Å². The topological polar surface area (TPSA) is 37.4 Å². The molecule has 0 atom stereocenters. The molecule has 0 bridgehead atoms. The third-order valence-corrected chi connectivity index (χ3v) is 6.38. The molecule has 21 heavy (non-hydrogen) atoms. The molecular formula is C16H24ClNO2S. The molecule has 1 heterocycles. The van der Waals surface area contributed by atoms with Gasteiger partial charge in [-0.2, -0.15) is 0 Å². The van der Waals surface area contributed by atoms with Gasteiger partial charge in [-0.3, -0.25) is 0 Å². The highest BCUT2D eigenvalue weighted by Gasteiger charge is 2.29. The molecule has 0 saturated carbocycles. The van der Waals surface area contributed by atoms with Crippen LogP contribution in [0, 0.1) is 5.41 Å². The largest absolute Gasteiger partial charge is 0.218 e. The van der Waals surface area contributed by atoms with Crippen LogP contribution in [0.4, 0.5) is 0 Å². The number of hydrogen-bond donors (Lipinski definition) is 0. The van der Waals surface area contributed by atoms with Crippen LogP contribution in [0.15, 0.2) is 24.3 Å². The number of benzene rings is 1. The summed E-state index contributed by atoms with van der Waals surface area (Å²) in [5.74, 6) is 0.532. The van der Waals surface area contributed by atoms with Gasteiger partial charge in [-0.1, -0.05) is 38.1 Å². The molecule has 1 fully saturated rings. The summed E-state index contributed by atoms with van der Waals surface area (Å²) in [5.41, 5.74) is 2.08. The Bertz CT molecular complexity index is 566. The van der Waals surface area contributed by atoms with Crippen LogP contribution in [0.1, 0.15) is 44.2 Å². The molecule has 118 valence electrons. The molecule has 0 spiro atoms. The first-order chi connectivity index (χ1) is 9.82. The van der Waals surface area contributed by atoms with Crippen molar-refractivity contribution < 1.29 is 8.42 Å². The van der Waals surface area contributed by atoms with Crippen LogP contribution in [0.5, 0.6) is 0 Å². The van der Waals surface area contributed by atoms with Crippen molar-refractivity contribution in [2.24, 2.45) is 5.41 Å². The zero-order valence-corrected chi connectivity index (χ0v) is 14.4. The average molecular weight is 330 g/mol. The van der Waals surface area contributed by atoms with E-state index in [9.17, 15) is 8.42 Å². The fourth-order valence-electron chi connectivity index (χ4n) is 2.70. The lowest BCUT2D eigenvalue weighted by atomic mass is 9.85. The van der Waals surface area contributed by atoms with Crippen molar-refractivity contribution in [3.63, 3.8) is 0 Å². The van der Waals surface area contributed by atoms with Crippen LogP contribution in [0.3, 0.4) is 0 Å².